The van der Waals surface area contributed by atoms with E-state index in [1.807, 2.05) is 0 Å². The van der Waals surface area contributed by atoms with Gasteiger partial charge in [-0.3, -0.25) is 13.9 Å². The molecule has 2 rings (SSSR count). The predicted molar refractivity (Wildman–Crippen MR) is 32.1 cm³/mol. The van der Waals surface area contributed by atoms with Gasteiger partial charge in [0.05, 0.1) is 0 Å². The van der Waals surface area contributed by atoms with Crippen molar-refractivity contribution in [1.29, 1.82) is 0 Å². The van der Waals surface area contributed by atoms with Gasteiger partial charge in [0.25, 0.3) is 11.2 Å². The van der Waals surface area contributed by atoms with Gasteiger partial charge < -0.3 is 9.52 Å². The van der Waals surface area contributed by atoms with Crippen LogP contribution < -0.4 is 0 Å². The van der Waals surface area contributed by atoms with E-state index in [0.29, 0.717) is 11.9 Å². The topological polar surface area (TPSA) is 76.7 Å². The van der Waals surface area contributed by atoms with Crippen LogP contribution in [0.4, 0.5) is 0 Å². The van der Waals surface area contributed by atoms with Crippen LogP contribution in [0.1, 0.15) is 16.3 Å². The van der Waals surface area contributed by atoms with Crippen molar-refractivity contribution in [2.45, 2.75) is 6.61 Å². The average molecular weight is 156 g/mol. The fourth-order valence-corrected chi connectivity index (χ4v) is 0.858. The zero-order chi connectivity index (χ0) is 7.84. The number of hydrogen-bond acceptors (Lipinski definition) is 5. The first-order valence-corrected chi connectivity index (χ1v) is 2.93. The highest BCUT2D eigenvalue weighted by Crippen LogP contribution is 2.28. The number of carbonyl (C=O) groups excluding carboxylic acids is 1. The van der Waals surface area contributed by atoms with Gasteiger partial charge in [-0.05, 0) is 0 Å². The van der Waals surface area contributed by atoms with E-state index in [0.717, 1.165) is 0 Å². The normalized spacial score (nSPS) is 11.0. The van der Waals surface area contributed by atoms with Crippen molar-refractivity contribution in [2.75, 3.05) is 0 Å². The first-order chi connectivity index (χ1) is 5.36. The monoisotopic (exact) mass is 156 g/mol. The maximum atomic E-state index is 10.2. The Morgan fingerprint density at radius 2 is 2.09 bits per heavy atom. The molecule has 0 atom stereocenters. The molecular formula is C6H4O5. The summed E-state index contributed by atoms with van der Waals surface area (Å²) in [6, 6.07) is 0. The van der Waals surface area contributed by atoms with Crippen molar-refractivity contribution in [3.63, 3.8) is 0 Å². The molecule has 0 radical (unpaired) electrons. The number of furan rings is 1. The Kier molecular flexibility index (Phi) is 1.13. The van der Waals surface area contributed by atoms with Crippen LogP contribution >= 0.6 is 0 Å². The molecule has 0 aliphatic heterocycles. The van der Waals surface area contributed by atoms with Crippen LogP contribution in [-0.2, 0) is 6.61 Å². The number of hydrogen-bond donors (Lipinski definition) is 1. The molecule has 0 saturated carbocycles. The Morgan fingerprint density at radius 1 is 1.36 bits per heavy atom. The molecule has 58 valence electrons. The first-order valence-electron chi connectivity index (χ1n) is 2.93. The molecule has 0 saturated heterocycles. The number of aliphatic hydroxyl groups is 1. The van der Waals surface area contributed by atoms with Crippen molar-refractivity contribution < 1.29 is 23.5 Å². The molecule has 1 N–H and O–H groups in total. The van der Waals surface area contributed by atoms with E-state index in [9.17, 15) is 4.79 Å². The Morgan fingerprint density at radius 3 is 2.36 bits per heavy atom. The fraction of sp³-hybridized carbons (Fsp3) is 0.167. The molecule has 5 nitrogen and oxygen atoms in total. The van der Waals surface area contributed by atoms with Crippen LogP contribution in [0, 0.1) is 0 Å². The first kappa shape index (κ1) is 6.23. The molecule has 0 fully saturated rings. The highest BCUT2D eigenvalue weighted by Gasteiger charge is 2.21. The summed E-state index contributed by atoms with van der Waals surface area (Å²) < 4.78 is 13.8. The van der Waals surface area contributed by atoms with Crippen molar-refractivity contribution >= 4 is 17.5 Å². The molecule has 0 aliphatic rings. The van der Waals surface area contributed by atoms with E-state index in [1.54, 1.807) is 0 Å². The molecule has 0 amide bonds. The minimum atomic E-state index is -0.306. The summed E-state index contributed by atoms with van der Waals surface area (Å²) in [5.74, 6) is 0.267. The lowest BCUT2D eigenvalue weighted by Crippen LogP contribution is -1.78. The summed E-state index contributed by atoms with van der Waals surface area (Å²) in [4.78, 5) is 10.2. The zero-order valence-electron chi connectivity index (χ0n) is 5.36. The van der Waals surface area contributed by atoms with Crippen molar-refractivity contribution in [2.24, 2.45) is 0 Å². The molecule has 5 heteroatoms. The smallest absolute Gasteiger partial charge is 0.275 e. The lowest BCUT2D eigenvalue weighted by Gasteiger charge is -1.88. The lowest BCUT2D eigenvalue weighted by molar-refractivity contribution is 0.0574. The predicted octanol–water partition coefficient (Wildman–Crippen LogP) is 0.924. The van der Waals surface area contributed by atoms with Gasteiger partial charge in [0.2, 0.25) is 5.76 Å². The van der Waals surface area contributed by atoms with Crippen molar-refractivity contribution in [3.8, 4) is 0 Å². The molecule has 11 heavy (non-hydrogen) atoms. The second kappa shape index (κ2) is 2.00. The summed E-state index contributed by atoms with van der Waals surface area (Å²) in [6.45, 7) is -0.306. The number of rotatable bonds is 2. The molecule has 2 heterocycles. The van der Waals surface area contributed by atoms with Crippen molar-refractivity contribution in [3.05, 3.63) is 11.5 Å². The van der Waals surface area contributed by atoms with E-state index in [4.69, 9.17) is 9.52 Å². The Balaban J connectivity index is 2.67. The van der Waals surface area contributed by atoms with E-state index >= 15 is 0 Å². The van der Waals surface area contributed by atoms with Crippen molar-refractivity contribution in [1.82, 2.24) is 0 Å². The summed E-state index contributed by atoms with van der Waals surface area (Å²) in [6.07, 6.45) is 0.501. The summed E-state index contributed by atoms with van der Waals surface area (Å²) in [5, 5.41) is 8.64. The second-order valence-corrected chi connectivity index (χ2v) is 1.99. The number of carbonyl (C=O) groups is 1. The summed E-state index contributed by atoms with van der Waals surface area (Å²) in [5.41, 5.74) is 0.582. The molecule has 2 aromatic heterocycles. The van der Waals surface area contributed by atoms with Crippen LogP contribution in [0.2, 0.25) is 0 Å². The number of aldehydes is 1. The van der Waals surface area contributed by atoms with Gasteiger partial charge in [0.15, 0.2) is 12.0 Å². The Bertz CT molecular complexity index is 376. The minimum Gasteiger partial charge on any atom is -0.447 e. The van der Waals surface area contributed by atoms with Crippen LogP contribution in [0.5, 0.6) is 0 Å². The molecule has 0 spiro atoms. The van der Waals surface area contributed by atoms with E-state index in [2.05, 4.69) is 9.15 Å². The van der Waals surface area contributed by atoms with Gasteiger partial charge in [0, 0.05) is 0 Å². The standard InChI is InChI=1S/C6H4O5/c7-1-3-5-6(11-10-5)4(2-8)9-3/h1,8H,2H2. The maximum absolute atomic E-state index is 10.2. The van der Waals surface area contributed by atoms with E-state index in [-0.39, 0.29) is 23.7 Å². The second-order valence-electron chi connectivity index (χ2n) is 1.99. The van der Waals surface area contributed by atoms with Crippen LogP contribution in [-0.4, -0.2) is 11.4 Å². The van der Waals surface area contributed by atoms with E-state index < -0.39 is 0 Å². The van der Waals surface area contributed by atoms with Gasteiger partial charge in [0.1, 0.15) is 6.61 Å². The van der Waals surface area contributed by atoms with Crippen LogP contribution in [0.25, 0.3) is 11.2 Å². The summed E-state index contributed by atoms with van der Waals surface area (Å²) >= 11 is 0. The average Bonchev–Trinajstić information content (AvgIpc) is 2.21. The third-order valence-electron chi connectivity index (χ3n) is 1.38. The molecule has 0 unspecified atom stereocenters. The highest BCUT2D eigenvalue weighted by atomic mass is 17.0. The van der Waals surface area contributed by atoms with Gasteiger partial charge in [-0.1, -0.05) is 0 Å². The Hall–Kier alpha value is -1.49. The molecule has 2 aromatic rings. The van der Waals surface area contributed by atoms with E-state index in [1.165, 1.54) is 0 Å². The largest absolute Gasteiger partial charge is 0.447 e. The zero-order valence-corrected chi connectivity index (χ0v) is 5.36. The molecular weight excluding hydrogens is 152 g/mol. The third-order valence-corrected chi connectivity index (χ3v) is 1.38. The number of fused-ring (bicyclic) bond motifs is 1. The van der Waals surface area contributed by atoms with Gasteiger partial charge >= 0.3 is 0 Å². The third kappa shape index (κ3) is 0.653. The maximum Gasteiger partial charge on any atom is 0.275 e. The van der Waals surface area contributed by atoms with Gasteiger partial charge in [-0.15, -0.1) is 0 Å². The van der Waals surface area contributed by atoms with Crippen LogP contribution in [0.3, 0.4) is 0 Å². The molecule has 0 aliphatic carbocycles. The summed E-state index contributed by atoms with van der Waals surface area (Å²) in [7, 11) is 0. The number of aliphatic hydroxyl groups excluding tert-OH is 1. The quantitative estimate of drug-likeness (QED) is 0.516. The SMILES string of the molecule is O=Cc1oc(CO)c2ooc12. The van der Waals surface area contributed by atoms with Crippen LogP contribution in [0.15, 0.2) is 13.6 Å². The molecule has 0 aromatic carbocycles. The van der Waals surface area contributed by atoms with Gasteiger partial charge in [-0.2, -0.15) is 0 Å². The Labute approximate surface area is 60.1 Å². The highest BCUT2D eigenvalue weighted by molar-refractivity contribution is 5.90. The van der Waals surface area contributed by atoms with Gasteiger partial charge in [-0.25, -0.2) is 0 Å². The lowest BCUT2D eigenvalue weighted by atomic mass is 10.4. The molecule has 0 bridgehead atoms. The minimum absolute atomic E-state index is 0.0512. The fourth-order valence-electron chi connectivity index (χ4n) is 0.858.